The second kappa shape index (κ2) is 6.36. The molecule has 2 saturated heterocycles. The molecule has 4 rings (SSSR count). The third-order valence-corrected chi connectivity index (χ3v) is 4.79. The first-order valence-electron chi connectivity index (χ1n) is 8.52. The average Bonchev–Trinajstić information content (AvgIpc) is 2.94. The van der Waals surface area contributed by atoms with E-state index in [4.69, 9.17) is 4.74 Å². The van der Waals surface area contributed by atoms with Gasteiger partial charge in [0.1, 0.15) is 5.60 Å². The predicted octanol–water partition coefficient (Wildman–Crippen LogP) is 1.60. The number of carbonyl (C=O) groups excluding carboxylic acids is 2. The fourth-order valence-corrected chi connectivity index (χ4v) is 3.54. The van der Waals surface area contributed by atoms with E-state index in [1.807, 2.05) is 12.1 Å². The Bertz CT molecular complexity index is 826. The largest absolute Gasteiger partial charge is 0.439 e. The number of ether oxygens (including phenoxy) is 1. The molecule has 8 nitrogen and oxygen atoms in total. The molecule has 26 heavy (non-hydrogen) atoms. The minimum atomic E-state index is -0.601. The van der Waals surface area contributed by atoms with E-state index in [0.717, 1.165) is 18.4 Å². The van der Waals surface area contributed by atoms with Crippen LogP contribution in [0.5, 0.6) is 0 Å². The fourth-order valence-electron chi connectivity index (χ4n) is 3.54. The third-order valence-electron chi connectivity index (χ3n) is 4.79. The standard InChI is InChI=1S/C18H19N5O3/c1-22-11-18(26-17(22)25)5-3-7-23(12-18)16(24)14-9-20-15(21-10-14)13-4-2-6-19-8-13/h2,4,6,8-10H,3,5,7,11-12H2,1H3/t18-/m0/s1. The van der Waals surface area contributed by atoms with Gasteiger partial charge in [0.05, 0.1) is 18.7 Å². The highest BCUT2D eigenvalue weighted by molar-refractivity contribution is 5.94. The lowest BCUT2D eigenvalue weighted by Crippen LogP contribution is -2.52. The van der Waals surface area contributed by atoms with Gasteiger partial charge >= 0.3 is 6.09 Å². The van der Waals surface area contributed by atoms with E-state index < -0.39 is 5.60 Å². The van der Waals surface area contributed by atoms with E-state index in [0.29, 0.717) is 31.0 Å². The van der Waals surface area contributed by atoms with Crippen LogP contribution < -0.4 is 0 Å². The quantitative estimate of drug-likeness (QED) is 0.815. The number of nitrogens with zero attached hydrogens (tertiary/aromatic N) is 5. The number of likely N-dealkylation sites (tertiary alicyclic amines) is 1. The first-order chi connectivity index (χ1) is 12.6. The van der Waals surface area contributed by atoms with E-state index in [1.165, 1.54) is 12.4 Å². The Labute approximate surface area is 150 Å². The maximum absolute atomic E-state index is 12.8. The number of piperidine rings is 1. The van der Waals surface area contributed by atoms with Gasteiger partial charge in [-0.15, -0.1) is 0 Å². The van der Waals surface area contributed by atoms with Crippen molar-refractivity contribution in [1.29, 1.82) is 0 Å². The average molecular weight is 353 g/mol. The fraction of sp³-hybridized carbons (Fsp3) is 0.389. The van der Waals surface area contributed by atoms with E-state index in [1.54, 1.807) is 29.2 Å². The van der Waals surface area contributed by atoms with Gasteiger partial charge in [-0.25, -0.2) is 14.8 Å². The van der Waals surface area contributed by atoms with Gasteiger partial charge in [0, 0.05) is 43.9 Å². The number of carbonyl (C=O) groups is 2. The summed E-state index contributed by atoms with van der Waals surface area (Å²) in [6, 6.07) is 3.67. The number of rotatable bonds is 2. The Kier molecular flexibility index (Phi) is 4.02. The molecule has 0 aromatic carbocycles. The van der Waals surface area contributed by atoms with Gasteiger partial charge in [0.2, 0.25) is 0 Å². The molecule has 2 aromatic heterocycles. The zero-order valence-corrected chi connectivity index (χ0v) is 14.5. The van der Waals surface area contributed by atoms with Crippen molar-refractivity contribution in [3.05, 3.63) is 42.5 Å². The lowest BCUT2D eigenvalue weighted by atomic mass is 9.92. The highest BCUT2D eigenvalue weighted by atomic mass is 16.6. The Hall–Kier alpha value is -3.03. The number of amides is 2. The molecule has 134 valence electrons. The molecule has 0 N–H and O–H groups in total. The van der Waals surface area contributed by atoms with Crippen LogP contribution in [0.25, 0.3) is 11.4 Å². The Balaban J connectivity index is 1.50. The van der Waals surface area contributed by atoms with Gasteiger partial charge in [-0.2, -0.15) is 0 Å². The zero-order chi connectivity index (χ0) is 18.1. The SMILES string of the molecule is CN1C[C@]2(CCCN(C(=O)c3cnc(-c4cccnc4)nc3)C2)OC1=O. The summed E-state index contributed by atoms with van der Waals surface area (Å²) >= 11 is 0. The molecule has 0 aliphatic carbocycles. The van der Waals surface area contributed by atoms with Crippen LogP contribution in [0.15, 0.2) is 36.9 Å². The Morgan fingerprint density at radius 2 is 2.04 bits per heavy atom. The molecule has 2 fully saturated rings. The van der Waals surface area contributed by atoms with Crippen molar-refractivity contribution >= 4 is 12.0 Å². The van der Waals surface area contributed by atoms with Gasteiger partial charge in [-0.05, 0) is 25.0 Å². The first kappa shape index (κ1) is 16.4. The number of hydrogen-bond acceptors (Lipinski definition) is 6. The minimum absolute atomic E-state index is 0.146. The highest BCUT2D eigenvalue weighted by Crippen LogP contribution is 2.31. The number of pyridine rings is 1. The molecular weight excluding hydrogens is 334 g/mol. The first-order valence-corrected chi connectivity index (χ1v) is 8.52. The molecule has 0 bridgehead atoms. The number of hydrogen-bond donors (Lipinski definition) is 0. The van der Waals surface area contributed by atoms with Crippen LogP contribution in [0, 0.1) is 0 Å². The normalized spacial score (nSPS) is 22.6. The molecule has 8 heteroatoms. The second-order valence-corrected chi connectivity index (χ2v) is 6.77. The predicted molar refractivity (Wildman–Crippen MR) is 92.2 cm³/mol. The molecule has 0 radical (unpaired) electrons. The van der Waals surface area contributed by atoms with Gasteiger partial charge in [0.15, 0.2) is 5.82 Å². The summed E-state index contributed by atoms with van der Waals surface area (Å²) in [5.41, 5.74) is 0.618. The molecule has 1 spiro atoms. The van der Waals surface area contributed by atoms with Crippen LogP contribution in [-0.2, 0) is 4.74 Å². The maximum atomic E-state index is 12.8. The minimum Gasteiger partial charge on any atom is -0.439 e. The molecule has 2 aromatic rings. The van der Waals surface area contributed by atoms with Crippen molar-refractivity contribution in [2.75, 3.05) is 26.7 Å². The Morgan fingerprint density at radius 3 is 2.69 bits per heavy atom. The second-order valence-electron chi connectivity index (χ2n) is 6.77. The summed E-state index contributed by atoms with van der Waals surface area (Å²) in [6.45, 7) is 1.53. The van der Waals surface area contributed by atoms with Gasteiger partial charge in [0.25, 0.3) is 5.91 Å². The molecule has 2 amide bonds. The van der Waals surface area contributed by atoms with Crippen LogP contribution in [-0.4, -0.2) is 69.0 Å². The summed E-state index contributed by atoms with van der Waals surface area (Å²) in [5, 5.41) is 0. The monoisotopic (exact) mass is 353 g/mol. The van der Waals surface area contributed by atoms with E-state index in [-0.39, 0.29) is 12.0 Å². The van der Waals surface area contributed by atoms with Crippen molar-refractivity contribution in [2.24, 2.45) is 0 Å². The molecule has 2 aliphatic heterocycles. The summed E-state index contributed by atoms with van der Waals surface area (Å²) in [7, 11) is 1.71. The topological polar surface area (TPSA) is 88.5 Å². The summed E-state index contributed by atoms with van der Waals surface area (Å²) < 4.78 is 5.55. The van der Waals surface area contributed by atoms with Crippen molar-refractivity contribution < 1.29 is 14.3 Å². The zero-order valence-electron chi connectivity index (χ0n) is 14.5. The smallest absolute Gasteiger partial charge is 0.410 e. The molecule has 0 saturated carbocycles. The van der Waals surface area contributed by atoms with E-state index in [9.17, 15) is 9.59 Å². The molecule has 1 atom stereocenters. The van der Waals surface area contributed by atoms with Crippen LogP contribution in [0.1, 0.15) is 23.2 Å². The molecule has 2 aliphatic rings. The molecular formula is C18H19N5O3. The van der Waals surface area contributed by atoms with Crippen molar-refractivity contribution in [1.82, 2.24) is 24.8 Å². The highest BCUT2D eigenvalue weighted by Gasteiger charge is 2.47. The van der Waals surface area contributed by atoms with Crippen LogP contribution >= 0.6 is 0 Å². The number of aromatic nitrogens is 3. The van der Waals surface area contributed by atoms with Gasteiger partial charge < -0.3 is 14.5 Å². The molecule has 0 unspecified atom stereocenters. The lowest BCUT2D eigenvalue weighted by molar-refractivity contribution is -0.00524. The maximum Gasteiger partial charge on any atom is 0.410 e. The lowest BCUT2D eigenvalue weighted by Gasteiger charge is -2.38. The third kappa shape index (κ3) is 2.98. The van der Waals surface area contributed by atoms with Crippen molar-refractivity contribution in [2.45, 2.75) is 18.4 Å². The van der Waals surface area contributed by atoms with Crippen molar-refractivity contribution in [3.8, 4) is 11.4 Å². The van der Waals surface area contributed by atoms with E-state index >= 15 is 0 Å². The van der Waals surface area contributed by atoms with Crippen LogP contribution in [0.4, 0.5) is 4.79 Å². The van der Waals surface area contributed by atoms with Crippen LogP contribution in [0.2, 0.25) is 0 Å². The van der Waals surface area contributed by atoms with Gasteiger partial charge in [-0.3, -0.25) is 9.78 Å². The summed E-state index contributed by atoms with van der Waals surface area (Å²) in [4.78, 5) is 40.5. The Morgan fingerprint density at radius 1 is 1.23 bits per heavy atom. The number of likely N-dealkylation sites (N-methyl/N-ethyl adjacent to an activating group) is 1. The van der Waals surface area contributed by atoms with Crippen LogP contribution in [0.3, 0.4) is 0 Å². The summed E-state index contributed by atoms with van der Waals surface area (Å²) in [6.07, 6.45) is 7.66. The summed E-state index contributed by atoms with van der Waals surface area (Å²) in [5.74, 6) is 0.378. The van der Waals surface area contributed by atoms with Crippen molar-refractivity contribution in [3.63, 3.8) is 0 Å². The van der Waals surface area contributed by atoms with E-state index in [2.05, 4.69) is 15.0 Å². The molecule has 4 heterocycles. The van der Waals surface area contributed by atoms with Gasteiger partial charge in [-0.1, -0.05) is 0 Å².